The van der Waals surface area contributed by atoms with Gasteiger partial charge in [-0.25, -0.2) is 9.97 Å². The monoisotopic (exact) mass is 303 g/mol. The van der Waals surface area contributed by atoms with Crippen LogP contribution >= 0.6 is 11.6 Å². The summed E-state index contributed by atoms with van der Waals surface area (Å²) in [4.78, 5) is 8.92. The zero-order chi connectivity index (χ0) is 15.8. The third-order valence-corrected chi connectivity index (χ3v) is 3.49. The van der Waals surface area contributed by atoms with Crippen LogP contribution < -0.4 is 5.32 Å². The molecule has 0 radical (unpaired) electrons. The highest BCUT2D eigenvalue weighted by Crippen LogP contribution is 2.28. The molecule has 0 saturated heterocycles. The van der Waals surface area contributed by atoms with Gasteiger partial charge in [0.05, 0.1) is 0 Å². The van der Waals surface area contributed by atoms with Crippen molar-refractivity contribution in [1.29, 1.82) is 0 Å². The number of halogens is 1. The predicted octanol–water partition coefficient (Wildman–Crippen LogP) is 5.10. The highest BCUT2D eigenvalue weighted by atomic mass is 35.5. The van der Waals surface area contributed by atoms with Crippen molar-refractivity contribution in [3.8, 4) is 0 Å². The number of aryl methyl sites for hydroxylation is 3. The van der Waals surface area contributed by atoms with E-state index in [1.165, 1.54) is 16.7 Å². The fourth-order valence-electron chi connectivity index (χ4n) is 2.32. The molecule has 0 aliphatic carbocycles. The first kappa shape index (κ1) is 15.8. The van der Waals surface area contributed by atoms with Crippen molar-refractivity contribution >= 4 is 23.1 Å². The van der Waals surface area contributed by atoms with Crippen LogP contribution in [0.4, 0.5) is 11.5 Å². The molecule has 2 aromatic rings. The van der Waals surface area contributed by atoms with Gasteiger partial charge in [-0.05, 0) is 31.9 Å². The number of aromatic nitrogens is 2. The lowest BCUT2D eigenvalue weighted by molar-refractivity contribution is 0.546. The quantitative estimate of drug-likeness (QED) is 0.785. The van der Waals surface area contributed by atoms with Crippen LogP contribution in [0.3, 0.4) is 0 Å². The van der Waals surface area contributed by atoms with Crippen molar-refractivity contribution in [3.63, 3.8) is 0 Å². The molecular weight excluding hydrogens is 282 g/mol. The van der Waals surface area contributed by atoms with Gasteiger partial charge in [0.25, 0.3) is 0 Å². The van der Waals surface area contributed by atoms with E-state index in [-0.39, 0.29) is 5.41 Å². The number of nitrogens with one attached hydrogen (secondary N) is 1. The van der Waals surface area contributed by atoms with Crippen LogP contribution in [0.15, 0.2) is 18.2 Å². The first-order valence-electron chi connectivity index (χ1n) is 7.07. The Morgan fingerprint density at radius 2 is 1.52 bits per heavy atom. The second-order valence-corrected chi connectivity index (χ2v) is 6.94. The molecule has 0 amide bonds. The van der Waals surface area contributed by atoms with Crippen molar-refractivity contribution in [3.05, 3.63) is 45.9 Å². The summed E-state index contributed by atoms with van der Waals surface area (Å²) in [6.07, 6.45) is 0. The van der Waals surface area contributed by atoms with Gasteiger partial charge in [0.2, 0.25) is 0 Å². The van der Waals surface area contributed by atoms with Crippen molar-refractivity contribution in [2.75, 3.05) is 5.32 Å². The van der Waals surface area contributed by atoms with Crippen LogP contribution in [0.5, 0.6) is 0 Å². The van der Waals surface area contributed by atoms with Gasteiger partial charge in [0, 0.05) is 17.2 Å². The number of benzene rings is 1. The van der Waals surface area contributed by atoms with Gasteiger partial charge in [-0.15, -0.1) is 0 Å². The highest BCUT2D eigenvalue weighted by molar-refractivity contribution is 6.29. The van der Waals surface area contributed by atoms with Gasteiger partial charge >= 0.3 is 0 Å². The Hall–Kier alpha value is -1.61. The number of hydrogen-bond acceptors (Lipinski definition) is 3. The molecule has 0 aliphatic heterocycles. The van der Waals surface area contributed by atoms with E-state index >= 15 is 0 Å². The summed E-state index contributed by atoms with van der Waals surface area (Å²) in [6.45, 7) is 12.5. The van der Waals surface area contributed by atoms with Crippen LogP contribution in [0.1, 0.15) is 43.3 Å². The summed E-state index contributed by atoms with van der Waals surface area (Å²) >= 11 is 6.14. The van der Waals surface area contributed by atoms with E-state index in [9.17, 15) is 0 Å². The molecule has 0 bridgehead atoms. The van der Waals surface area contributed by atoms with Crippen molar-refractivity contribution in [2.45, 2.75) is 47.0 Å². The van der Waals surface area contributed by atoms with E-state index in [2.05, 4.69) is 69.0 Å². The lowest BCUT2D eigenvalue weighted by atomic mass is 9.96. The molecule has 1 aromatic heterocycles. The lowest BCUT2D eigenvalue weighted by Gasteiger charge is -2.19. The van der Waals surface area contributed by atoms with Crippen LogP contribution in [0.2, 0.25) is 5.15 Å². The summed E-state index contributed by atoms with van der Waals surface area (Å²) in [7, 11) is 0. The molecule has 0 saturated carbocycles. The molecule has 0 atom stereocenters. The first-order chi connectivity index (χ1) is 9.66. The Labute approximate surface area is 131 Å². The number of anilines is 2. The molecule has 3 nitrogen and oxygen atoms in total. The van der Waals surface area contributed by atoms with E-state index in [0.29, 0.717) is 5.15 Å². The molecule has 112 valence electrons. The largest absolute Gasteiger partial charge is 0.340 e. The number of nitrogens with zero attached hydrogens (tertiary/aromatic N) is 2. The molecule has 0 aliphatic rings. The predicted molar refractivity (Wildman–Crippen MR) is 89.7 cm³/mol. The summed E-state index contributed by atoms with van der Waals surface area (Å²) in [5.41, 5.74) is 4.58. The number of hydrogen-bond donors (Lipinski definition) is 1. The van der Waals surface area contributed by atoms with Crippen LogP contribution in [0.25, 0.3) is 0 Å². The summed E-state index contributed by atoms with van der Waals surface area (Å²) in [5.74, 6) is 1.47. The van der Waals surface area contributed by atoms with E-state index in [1.54, 1.807) is 6.07 Å². The van der Waals surface area contributed by atoms with Gasteiger partial charge < -0.3 is 5.32 Å². The Morgan fingerprint density at radius 1 is 0.952 bits per heavy atom. The van der Waals surface area contributed by atoms with Crippen LogP contribution in [0, 0.1) is 20.8 Å². The smallest absolute Gasteiger partial charge is 0.137 e. The van der Waals surface area contributed by atoms with Gasteiger partial charge in [-0.2, -0.15) is 0 Å². The average molecular weight is 304 g/mol. The normalized spacial score (nSPS) is 11.6. The summed E-state index contributed by atoms with van der Waals surface area (Å²) in [6, 6.07) is 6.07. The standard InChI is InChI=1S/C17H22ClN3/c1-10-7-11(2)15(12(3)8-10)20-14-9-13(18)19-16(21-14)17(4,5)6/h7-9H,1-6H3,(H,19,20,21). The van der Waals surface area contributed by atoms with E-state index < -0.39 is 0 Å². The van der Waals surface area contributed by atoms with Gasteiger partial charge in [0.15, 0.2) is 0 Å². The maximum absolute atomic E-state index is 6.14. The second-order valence-electron chi connectivity index (χ2n) is 6.55. The van der Waals surface area contributed by atoms with E-state index in [0.717, 1.165) is 17.3 Å². The Balaban J connectivity index is 2.43. The van der Waals surface area contributed by atoms with E-state index in [1.807, 2.05) is 0 Å². The van der Waals surface area contributed by atoms with Gasteiger partial charge in [-0.1, -0.05) is 50.1 Å². The fourth-order valence-corrected chi connectivity index (χ4v) is 2.51. The lowest BCUT2D eigenvalue weighted by Crippen LogP contribution is -2.17. The molecule has 2 rings (SSSR count). The minimum Gasteiger partial charge on any atom is -0.340 e. The third kappa shape index (κ3) is 3.73. The molecule has 0 unspecified atom stereocenters. The summed E-state index contributed by atoms with van der Waals surface area (Å²) in [5, 5.41) is 3.84. The second kappa shape index (κ2) is 5.64. The molecule has 1 heterocycles. The minimum absolute atomic E-state index is 0.140. The van der Waals surface area contributed by atoms with Crippen molar-refractivity contribution in [2.24, 2.45) is 0 Å². The first-order valence-corrected chi connectivity index (χ1v) is 7.44. The molecule has 0 spiro atoms. The molecule has 4 heteroatoms. The molecular formula is C17H22ClN3. The summed E-state index contributed by atoms with van der Waals surface area (Å²) < 4.78 is 0. The van der Waals surface area contributed by atoms with Gasteiger partial charge in [0.1, 0.15) is 16.8 Å². The molecule has 1 N–H and O–H groups in total. The zero-order valence-electron chi connectivity index (χ0n) is 13.5. The minimum atomic E-state index is -0.140. The SMILES string of the molecule is Cc1cc(C)c(Nc2cc(Cl)nc(C(C)(C)C)n2)c(C)c1. The third-order valence-electron chi connectivity index (χ3n) is 3.30. The maximum atomic E-state index is 6.14. The molecule has 1 aromatic carbocycles. The topological polar surface area (TPSA) is 37.8 Å². The average Bonchev–Trinajstić information content (AvgIpc) is 2.32. The maximum Gasteiger partial charge on any atom is 0.137 e. The molecule has 21 heavy (non-hydrogen) atoms. The molecule has 0 fully saturated rings. The number of rotatable bonds is 2. The zero-order valence-corrected chi connectivity index (χ0v) is 14.3. The Kier molecular flexibility index (Phi) is 4.24. The fraction of sp³-hybridized carbons (Fsp3) is 0.412. The van der Waals surface area contributed by atoms with Crippen molar-refractivity contribution in [1.82, 2.24) is 9.97 Å². The van der Waals surface area contributed by atoms with Crippen molar-refractivity contribution < 1.29 is 0 Å². The highest BCUT2D eigenvalue weighted by Gasteiger charge is 2.19. The van der Waals surface area contributed by atoms with Crippen LogP contribution in [-0.2, 0) is 5.41 Å². The van der Waals surface area contributed by atoms with E-state index in [4.69, 9.17) is 11.6 Å². The van der Waals surface area contributed by atoms with Gasteiger partial charge in [-0.3, -0.25) is 0 Å². The Morgan fingerprint density at radius 3 is 2.05 bits per heavy atom. The Bertz CT molecular complexity index is 649. The van der Waals surface area contributed by atoms with Crippen LogP contribution in [-0.4, -0.2) is 9.97 Å².